The Morgan fingerprint density at radius 3 is 1.15 bits per heavy atom. The Balaban J connectivity index is 1.25. The molecule has 0 unspecified atom stereocenters. The van der Waals surface area contributed by atoms with Crippen LogP contribution in [0.4, 0.5) is 0 Å². The second kappa shape index (κ2) is 13.1. The van der Waals surface area contributed by atoms with Crippen LogP contribution in [0.5, 0.6) is 0 Å². The lowest BCUT2D eigenvalue weighted by atomic mass is 9.65. The van der Waals surface area contributed by atoms with Crippen LogP contribution in [0, 0.1) is 0 Å². The van der Waals surface area contributed by atoms with Gasteiger partial charge in [0.25, 0.3) is 0 Å². The first-order chi connectivity index (χ1) is 30.3. The van der Waals surface area contributed by atoms with Crippen LogP contribution < -0.4 is 0 Å². The Morgan fingerprint density at radius 1 is 0.213 bits per heavy atom. The summed E-state index contributed by atoms with van der Waals surface area (Å²) in [4.78, 5) is 0. The molecule has 0 N–H and O–H groups in total. The Kier molecular flexibility index (Phi) is 7.32. The summed E-state index contributed by atoms with van der Waals surface area (Å²) in [6.45, 7) is 0. The number of hydrogen-bond donors (Lipinski definition) is 0. The van der Waals surface area contributed by atoms with Gasteiger partial charge in [0.15, 0.2) is 0 Å². The summed E-state index contributed by atoms with van der Waals surface area (Å²) in [7, 11) is 0. The molecule has 0 aromatic heterocycles. The minimum absolute atomic E-state index is 0.600. The van der Waals surface area contributed by atoms with Crippen molar-refractivity contribution < 1.29 is 0 Å². The fourth-order valence-electron chi connectivity index (χ4n) is 11.4. The molecule has 12 aromatic rings. The SMILES string of the molecule is c1ccc(C2(c3ccccc3)c3c(cc(-c4c5ccccc5c(-c5cccc6ccccc56)c5ccccc45)c4ccccc34)-c3c2c2ccccc2c2ccccc32)cc1. The molecule has 61 heavy (non-hydrogen) atoms. The van der Waals surface area contributed by atoms with Crippen LogP contribution >= 0.6 is 0 Å². The van der Waals surface area contributed by atoms with Crippen molar-refractivity contribution in [3.05, 3.63) is 253 Å². The summed E-state index contributed by atoms with van der Waals surface area (Å²) in [6, 6.07) is 86.3. The van der Waals surface area contributed by atoms with E-state index in [0.29, 0.717) is 0 Å². The third-order valence-electron chi connectivity index (χ3n) is 13.7. The van der Waals surface area contributed by atoms with Gasteiger partial charge in [-0.1, -0.05) is 224 Å². The minimum Gasteiger partial charge on any atom is -0.0622 e. The average Bonchev–Trinajstić information content (AvgIpc) is 3.66. The van der Waals surface area contributed by atoms with Crippen LogP contribution in [0.25, 0.3) is 98.0 Å². The summed E-state index contributed by atoms with van der Waals surface area (Å²) in [5.41, 5.74) is 12.4. The monoisotopic (exact) mass is 770 g/mol. The van der Waals surface area contributed by atoms with E-state index in [1.165, 1.54) is 120 Å². The Bertz CT molecular complexity index is 3640. The van der Waals surface area contributed by atoms with Gasteiger partial charge < -0.3 is 0 Å². The van der Waals surface area contributed by atoms with E-state index >= 15 is 0 Å². The molecule has 1 aliphatic rings. The second-order valence-electron chi connectivity index (χ2n) is 16.6. The fraction of sp³-hybridized carbons (Fsp3) is 0.0164. The summed E-state index contributed by atoms with van der Waals surface area (Å²) in [5, 5.41) is 15.2. The van der Waals surface area contributed by atoms with E-state index in [-0.39, 0.29) is 0 Å². The van der Waals surface area contributed by atoms with E-state index in [4.69, 9.17) is 0 Å². The van der Waals surface area contributed by atoms with E-state index in [1.54, 1.807) is 0 Å². The Morgan fingerprint density at radius 2 is 0.590 bits per heavy atom. The fourth-order valence-corrected chi connectivity index (χ4v) is 11.4. The Hall–Kier alpha value is -7.80. The molecule has 0 nitrogen and oxygen atoms in total. The standard InChI is InChI=1S/C61H38/c1-3-22-40(23-4-1)61(41-24-5-2-6-25-41)59-52-35-17-11-29-45(52)54(38-55(59)58-47-30-12-9-27-43(47)44-28-10-18-36-53(44)60(58)61)57-50-33-15-13-31-48(50)56(49-32-14-16-34-51(49)57)46-37-19-21-39-20-7-8-26-42(39)46/h1-38H. The molecule has 0 aliphatic heterocycles. The largest absolute Gasteiger partial charge is 0.0725 e. The predicted octanol–water partition coefficient (Wildman–Crippen LogP) is 16.3. The van der Waals surface area contributed by atoms with Crippen molar-refractivity contribution >= 4 is 64.6 Å². The third-order valence-corrected chi connectivity index (χ3v) is 13.7. The van der Waals surface area contributed by atoms with Crippen molar-refractivity contribution in [3.63, 3.8) is 0 Å². The molecule has 0 fully saturated rings. The van der Waals surface area contributed by atoms with Crippen molar-refractivity contribution in [1.29, 1.82) is 0 Å². The molecule has 0 bridgehead atoms. The molecule has 0 heteroatoms. The van der Waals surface area contributed by atoms with Gasteiger partial charge in [-0.25, -0.2) is 0 Å². The van der Waals surface area contributed by atoms with Crippen LogP contribution in [-0.2, 0) is 5.41 Å². The Labute approximate surface area is 354 Å². The molecule has 0 heterocycles. The van der Waals surface area contributed by atoms with Crippen LogP contribution in [-0.4, -0.2) is 0 Å². The highest BCUT2D eigenvalue weighted by molar-refractivity contribution is 6.27. The maximum Gasteiger partial charge on any atom is 0.0725 e. The zero-order valence-corrected chi connectivity index (χ0v) is 33.4. The second-order valence-corrected chi connectivity index (χ2v) is 16.6. The van der Waals surface area contributed by atoms with Crippen LogP contribution in [0.15, 0.2) is 231 Å². The van der Waals surface area contributed by atoms with Gasteiger partial charge in [0.05, 0.1) is 5.41 Å². The van der Waals surface area contributed by atoms with E-state index in [9.17, 15) is 0 Å². The number of hydrogen-bond acceptors (Lipinski definition) is 0. The smallest absolute Gasteiger partial charge is 0.0622 e. The lowest BCUT2D eigenvalue weighted by Crippen LogP contribution is -2.29. The molecule has 12 aromatic carbocycles. The highest BCUT2D eigenvalue weighted by Crippen LogP contribution is 2.63. The highest BCUT2D eigenvalue weighted by atomic mass is 14.5. The maximum absolute atomic E-state index is 2.58. The molecular weight excluding hydrogens is 733 g/mol. The maximum atomic E-state index is 2.58. The molecule has 0 radical (unpaired) electrons. The average molecular weight is 771 g/mol. The molecular formula is C61H38. The highest BCUT2D eigenvalue weighted by Gasteiger charge is 2.49. The number of rotatable bonds is 4. The zero-order valence-electron chi connectivity index (χ0n) is 33.4. The van der Waals surface area contributed by atoms with E-state index < -0.39 is 5.41 Å². The van der Waals surface area contributed by atoms with E-state index in [2.05, 4.69) is 231 Å². The van der Waals surface area contributed by atoms with E-state index in [1.807, 2.05) is 0 Å². The van der Waals surface area contributed by atoms with Gasteiger partial charge in [0.1, 0.15) is 0 Å². The van der Waals surface area contributed by atoms with Gasteiger partial charge in [-0.2, -0.15) is 0 Å². The summed E-state index contributed by atoms with van der Waals surface area (Å²) in [6.07, 6.45) is 0. The predicted molar refractivity (Wildman–Crippen MR) is 260 cm³/mol. The van der Waals surface area contributed by atoms with Crippen LogP contribution in [0.1, 0.15) is 22.3 Å². The van der Waals surface area contributed by atoms with Crippen molar-refractivity contribution in [2.24, 2.45) is 0 Å². The summed E-state index contributed by atoms with van der Waals surface area (Å²) >= 11 is 0. The number of benzene rings is 12. The van der Waals surface area contributed by atoms with Gasteiger partial charge >= 0.3 is 0 Å². The molecule has 0 amide bonds. The first-order valence-electron chi connectivity index (χ1n) is 21.4. The summed E-state index contributed by atoms with van der Waals surface area (Å²) in [5.74, 6) is 0. The summed E-state index contributed by atoms with van der Waals surface area (Å²) < 4.78 is 0. The van der Waals surface area contributed by atoms with Crippen molar-refractivity contribution in [2.75, 3.05) is 0 Å². The van der Waals surface area contributed by atoms with E-state index in [0.717, 1.165) is 0 Å². The minimum atomic E-state index is -0.600. The van der Waals surface area contributed by atoms with Crippen molar-refractivity contribution in [1.82, 2.24) is 0 Å². The molecule has 0 saturated carbocycles. The van der Waals surface area contributed by atoms with Crippen molar-refractivity contribution in [3.8, 4) is 33.4 Å². The van der Waals surface area contributed by atoms with Gasteiger partial charge in [0, 0.05) is 0 Å². The molecule has 282 valence electrons. The molecule has 13 rings (SSSR count). The quantitative estimate of drug-likeness (QED) is 0.123. The first-order valence-corrected chi connectivity index (χ1v) is 21.4. The molecule has 0 spiro atoms. The molecule has 1 aliphatic carbocycles. The lowest BCUT2D eigenvalue weighted by Gasteiger charge is -2.36. The lowest BCUT2D eigenvalue weighted by molar-refractivity contribution is 0.783. The van der Waals surface area contributed by atoms with Crippen molar-refractivity contribution in [2.45, 2.75) is 5.41 Å². The number of fused-ring (bicyclic) bond motifs is 13. The van der Waals surface area contributed by atoms with Gasteiger partial charge in [0.2, 0.25) is 0 Å². The van der Waals surface area contributed by atoms with Gasteiger partial charge in [-0.15, -0.1) is 0 Å². The normalized spacial score (nSPS) is 13.0. The van der Waals surface area contributed by atoms with Crippen LogP contribution in [0.3, 0.4) is 0 Å². The van der Waals surface area contributed by atoms with Crippen LogP contribution in [0.2, 0.25) is 0 Å². The first kappa shape index (κ1) is 34.1. The third kappa shape index (κ3) is 4.65. The molecule has 0 saturated heterocycles. The zero-order chi connectivity index (χ0) is 40.1. The van der Waals surface area contributed by atoms with Gasteiger partial charge in [-0.3, -0.25) is 0 Å². The molecule has 0 atom stereocenters. The van der Waals surface area contributed by atoms with Gasteiger partial charge in [-0.05, 0) is 126 Å². The topological polar surface area (TPSA) is 0 Å².